The number of furan rings is 1. The molecule has 0 saturated carbocycles. The Morgan fingerprint density at radius 2 is 2.03 bits per heavy atom. The van der Waals surface area contributed by atoms with Crippen molar-refractivity contribution in [3.8, 4) is 0 Å². The third kappa shape index (κ3) is 4.76. The second kappa shape index (κ2) is 10.00. The van der Waals surface area contributed by atoms with Gasteiger partial charge in [-0.05, 0) is 44.2 Å². The quantitative estimate of drug-likeness (QED) is 0.521. The van der Waals surface area contributed by atoms with Crippen molar-refractivity contribution in [3.05, 3.63) is 65.1 Å². The lowest BCUT2D eigenvalue weighted by atomic mass is 9.94. The number of ether oxygens (including phenoxy) is 1. The number of hydrogen-bond acceptors (Lipinski definition) is 7. The van der Waals surface area contributed by atoms with E-state index in [1.807, 2.05) is 49.6 Å². The van der Waals surface area contributed by atoms with Gasteiger partial charge >= 0.3 is 0 Å². The Morgan fingerprint density at radius 3 is 2.74 bits per heavy atom. The van der Waals surface area contributed by atoms with Gasteiger partial charge in [-0.1, -0.05) is 23.9 Å². The molecule has 3 aromatic rings. The third-order valence-electron chi connectivity index (χ3n) is 5.34. The van der Waals surface area contributed by atoms with Crippen LogP contribution >= 0.6 is 11.8 Å². The zero-order valence-corrected chi connectivity index (χ0v) is 18.0. The summed E-state index contributed by atoms with van der Waals surface area (Å²) in [4.78, 5) is 27.0. The lowest BCUT2D eigenvalue weighted by molar-refractivity contribution is -0.121. The predicted octanol–water partition coefficient (Wildman–Crippen LogP) is 3.76. The van der Waals surface area contributed by atoms with Crippen LogP contribution in [0.25, 0.3) is 16.6 Å². The number of aromatic amines is 1. The Hall–Kier alpha value is -2.81. The summed E-state index contributed by atoms with van der Waals surface area (Å²) in [7, 11) is 1.87. The number of benzene rings is 1. The summed E-state index contributed by atoms with van der Waals surface area (Å²) in [5, 5.41) is 7.42. The zero-order valence-electron chi connectivity index (χ0n) is 17.2. The van der Waals surface area contributed by atoms with Gasteiger partial charge in [0.05, 0.1) is 16.9 Å². The topological polar surface area (TPSA) is 96.4 Å². The molecule has 1 atom stereocenters. The first kappa shape index (κ1) is 21.4. The number of rotatable bonds is 5. The fourth-order valence-corrected chi connectivity index (χ4v) is 4.77. The number of allylic oxidation sites excluding steroid dienone is 1. The Balaban J connectivity index is 0.000000177. The van der Waals surface area contributed by atoms with Crippen molar-refractivity contribution in [2.75, 3.05) is 20.3 Å². The van der Waals surface area contributed by atoms with Crippen LogP contribution in [0.1, 0.15) is 29.0 Å². The fraction of sp³-hybridized carbons (Fsp3) is 0.304. The van der Waals surface area contributed by atoms with E-state index in [4.69, 9.17) is 9.15 Å². The first-order chi connectivity index (χ1) is 15.2. The van der Waals surface area contributed by atoms with Crippen molar-refractivity contribution in [1.29, 1.82) is 0 Å². The van der Waals surface area contributed by atoms with E-state index in [0.717, 1.165) is 46.2 Å². The van der Waals surface area contributed by atoms with Crippen LogP contribution in [0, 0.1) is 5.92 Å². The van der Waals surface area contributed by atoms with Crippen LogP contribution in [0.15, 0.2) is 58.2 Å². The molecule has 1 saturated heterocycles. The van der Waals surface area contributed by atoms with Gasteiger partial charge in [0.25, 0.3) is 0 Å². The molecule has 2 aromatic heterocycles. The van der Waals surface area contributed by atoms with Crippen LogP contribution in [0.3, 0.4) is 0 Å². The average Bonchev–Trinajstić information content (AvgIpc) is 3.59. The highest BCUT2D eigenvalue weighted by molar-refractivity contribution is 8.05. The average molecular weight is 440 g/mol. The minimum atomic E-state index is 0.00823. The van der Waals surface area contributed by atoms with Crippen molar-refractivity contribution in [3.63, 3.8) is 0 Å². The van der Waals surface area contributed by atoms with Crippen LogP contribution in [0.4, 0.5) is 0 Å². The van der Waals surface area contributed by atoms with Crippen LogP contribution in [-0.2, 0) is 9.53 Å². The van der Waals surface area contributed by atoms with E-state index in [-0.39, 0.29) is 17.2 Å². The molecule has 0 radical (unpaired) electrons. The van der Waals surface area contributed by atoms with Crippen LogP contribution in [0.5, 0.6) is 0 Å². The molecule has 7 nitrogen and oxygen atoms in total. The Morgan fingerprint density at radius 1 is 1.19 bits per heavy atom. The summed E-state index contributed by atoms with van der Waals surface area (Å²) in [5.74, 6) is 0.981. The van der Waals surface area contributed by atoms with E-state index in [0.29, 0.717) is 19.0 Å². The molecule has 0 bridgehead atoms. The lowest BCUT2D eigenvalue weighted by Crippen LogP contribution is -2.32. The maximum Gasteiger partial charge on any atom is 0.174 e. The summed E-state index contributed by atoms with van der Waals surface area (Å²) >= 11 is 1.53. The summed E-state index contributed by atoms with van der Waals surface area (Å²) in [6.45, 7) is 1.35. The molecule has 2 aliphatic heterocycles. The largest absolute Gasteiger partial charge is 0.463 e. The highest BCUT2D eigenvalue weighted by Crippen LogP contribution is 2.37. The smallest absolute Gasteiger partial charge is 0.174 e. The second-order valence-corrected chi connectivity index (χ2v) is 8.38. The van der Waals surface area contributed by atoms with Gasteiger partial charge in [0, 0.05) is 41.8 Å². The number of fused-ring (bicyclic) bond motifs is 1. The molecular formula is C23H25N3O4S. The third-order valence-corrected chi connectivity index (χ3v) is 6.57. The summed E-state index contributed by atoms with van der Waals surface area (Å²) in [6, 6.07) is 11.2. The highest BCUT2D eigenvalue weighted by Gasteiger charge is 2.34. The van der Waals surface area contributed by atoms with Gasteiger partial charge in [-0.15, -0.1) is 0 Å². The summed E-state index contributed by atoms with van der Waals surface area (Å²) < 4.78 is 10.8. The van der Waals surface area contributed by atoms with E-state index in [9.17, 15) is 9.59 Å². The molecule has 0 spiro atoms. The molecule has 8 heteroatoms. The minimum absolute atomic E-state index is 0.00823. The maximum absolute atomic E-state index is 12.7. The van der Waals surface area contributed by atoms with Crippen molar-refractivity contribution in [1.82, 2.24) is 15.6 Å². The number of nitrogens with one attached hydrogen (secondary N) is 3. The number of Topliss-reactive ketones (excluding diaryl/α,β-unsaturated/α-hetero) is 1. The Bertz CT molecular complexity index is 1070. The Kier molecular flexibility index (Phi) is 6.91. The van der Waals surface area contributed by atoms with E-state index >= 15 is 0 Å². The van der Waals surface area contributed by atoms with Crippen molar-refractivity contribution in [2.24, 2.45) is 5.92 Å². The van der Waals surface area contributed by atoms with Crippen molar-refractivity contribution < 1.29 is 18.7 Å². The summed E-state index contributed by atoms with van der Waals surface area (Å²) in [6.07, 6.45) is 5.93. The molecule has 0 aliphatic carbocycles. The van der Waals surface area contributed by atoms with E-state index < -0.39 is 0 Å². The number of aldehydes is 1. The standard InChI is InChI=1S/C14H18N2O3S.C9H7NO/c1-15-14-16-11(10-3-2-6-19-10)13(20-14)12(17)9-4-7-18-8-5-9;11-6-7-2-1-3-9-8(7)4-5-10-9/h2-3,6,9,14-16H,4-5,7-8H2,1H3;1-6,10H. The number of aromatic nitrogens is 1. The van der Waals surface area contributed by atoms with Crippen LogP contribution in [-0.4, -0.2) is 42.8 Å². The van der Waals surface area contributed by atoms with Gasteiger partial charge in [0.1, 0.15) is 5.50 Å². The molecule has 1 fully saturated rings. The number of thioether (sulfide) groups is 1. The Labute approximate surface area is 184 Å². The van der Waals surface area contributed by atoms with Gasteiger partial charge in [-0.3, -0.25) is 14.9 Å². The number of carbonyl (C=O) groups is 2. The molecule has 2 aliphatic rings. The monoisotopic (exact) mass is 439 g/mol. The van der Waals surface area contributed by atoms with Gasteiger partial charge in [-0.2, -0.15) is 0 Å². The minimum Gasteiger partial charge on any atom is -0.463 e. The van der Waals surface area contributed by atoms with Crippen molar-refractivity contribution >= 4 is 40.4 Å². The van der Waals surface area contributed by atoms with Crippen LogP contribution < -0.4 is 10.6 Å². The van der Waals surface area contributed by atoms with E-state index in [1.54, 1.807) is 6.26 Å². The first-order valence-corrected chi connectivity index (χ1v) is 11.1. The lowest BCUT2D eigenvalue weighted by Gasteiger charge is -2.21. The molecule has 31 heavy (non-hydrogen) atoms. The predicted molar refractivity (Wildman–Crippen MR) is 121 cm³/mol. The van der Waals surface area contributed by atoms with Gasteiger partial charge in [0.15, 0.2) is 17.8 Å². The number of hydrogen-bond donors (Lipinski definition) is 3. The van der Waals surface area contributed by atoms with Gasteiger partial charge in [-0.25, -0.2) is 0 Å². The maximum atomic E-state index is 12.7. The molecular weight excluding hydrogens is 414 g/mol. The zero-order chi connectivity index (χ0) is 21.6. The number of carbonyl (C=O) groups excluding carboxylic acids is 2. The molecule has 1 unspecified atom stereocenters. The molecule has 162 valence electrons. The normalized spacial score (nSPS) is 19.1. The first-order valence-electron chi connectivity index (χ1n) is 10.2. The van der Waals surface area contributed by atoms with Crippen LogP contribution in [0.2, 0.25) is 0 Å². The molecule has 1 aromatic carbocycles. The van der Waals surface area contributed by atoms with E-state index in [2.05, 4.69) is 15.6 Å². The number of ketones is 1. The van der Waals surface area contributed by atoms with Gasteiger partial charge < -0.3 is 19.5 Å². The molecule has 5 rings (SSSR count). The highest BCUT2D eigenvalue weighted by atomic mass is 32.2. The molecule has 4 heterocycles. The molecule has 0 amide bonds. The van der Waals surface area contributed by atoms with Crippen molar-refractivity contribution in [2.45, 2.75) is 18.3 Å². The SMILES string of the molecule is CNC1NC(c2ccco2)=C(C(=O)C2CCOCC2)S1.O=Cc1cccc2[nH]ccc12. The second-order valence-electron chi connectivity index (χ2n) is 7.27. The van der Waals surface area contributed by atoms with E-state index in [1.165, 1.54) is 11.8 Å². The summed E-state index contributed by atoms with van der Waals surface area (Å²) in [5.41, 5.74) is 2.56. The fourth-order valence-electron chi connectivity index (χ4n) is 3.68. The number of H-pyrrole nitrogens is 1. The van der Waals surface area contributed by atoms with Gasteiger partial charge in [0.2, 0.25) is 0 Å². The molecule has 3 N–H and O–H groups in total.